The number of phenolic OH excluding ortho intramolecular Hbond substituents is 2. The van der Waals surface area contributed by atoms with Gasteiger partial charge in [0.1, 0.15) is 16.9 Å². The Balaban J connectivity index is 2.14. The molecule has 10 nitrogen and oxygen atoms in total. The van der Waals surface area contributed by atoms with Gasteiger partial charge in [0.2, 0.25) is 0 Å². The highest BCUT2D eigenvalue weighted by atomic mass is 16.3. The van der Waals surface area contributed by atoms with Crippen LogP contribution in [0.4, 0.5) is 0 Å². The lowest BCUT2D eigenvalue weighted by atomic mass is 9.82. The van der Waals surface area contributed by atoms with Crippen molar-refractivity contribution in [3.8, 4) is 11.5 Å². The SMILES string of the molecule is CCCCCCCCC(C)(C(=O)NNC(=O)c1cccc(CCCC)c1O)C(=O)NNC(=O)c1cccc(CCCC)c1O. The molecule has 0 saturated heterocycles. The molecule has 2 aromatic rings. The molecule has 0 radical (unpaired) electrons. The summed E-state index contributed by atoms with van der Waals surface area (Å²) in [7, 11) is 0. The average molecular weight is 611 g/mol. The van der Waals surface area contributed by atoms with Crippen LogP contribution in [0.15, 0.2) is 36.4 Å². The molecule has 0 heterocycles. The topological polar surface area (TPSA) is 157 Å². The molecule has 0 fully saturated rings. The number of rotatable bonds is 17. The van der Waals surface area contributed by atoms with Crippen LogP contribution in [0.1, 0.15) is 130 Å². The normalized spacial score (nSPS) is 11.1. The molecule has 4 amide bonds. The monoisotopic (exact) mass is 610 g/mol. The minimum Gasteiger partial charge on any atom is -0.507 e. The Morgan fingerprint density at radius 1 is 0.591 bits per heavy atom. The lowest BCUT2D eigenvalue weighted by Gasteiger charge is -2.27. The van der Waals surface area contributed by atoms with E-state index >= 15 is 0 Å². The number of aromatic hydroxyl groups is 2. The molecule has 0 spiro atoms. The van der Waals surface area contributed by atoms with Crippen molar-refractivity contribution >= 4 is 23.6 Å². The summed E-state index contributed by atoms with van der Waals surface area (Å²) in [5, 5.41) is 21.2. The average Bonchev–Trinajstić information content (AvgIpc) is 3.02. The van der Waals surface area contributed by atoms with Crippen molar-refractivity contribution in [2.24, 2.45) is 5.41 Å². The Hall–Kier alpha value is -4.08. The van der Waals surface area contributed by atoms with E-state index in [0.717, 1.165) is 57.8 Å². The zero-order valence-corrected chi connectivity index (χ0v) is 26.7. The predicted molar refractivity (Wildman–Crippen MR) is 171 cm³/mol. The predicted octanol–water partition coefficient (Wildman–Crippen LogP) is 5.76. The maximum atomic E-state index is 13.4. The van der Waals surface area contributed by atoms with Crippen molar-refractivity contribution in [1.82, 2.24) is 21.7 Å². The molecule has 0 aliphatic rings. The summed E-state index contributed by atoms with van der Waals surface area (Å²) in [4.78, 5) is 52.6. The Morgan fingerprint density at radius 2 is 1.00 bits per heavy atom. The highest BCUT2D eigenvalue weighted by molar-refractivity contribution is 6.07. The third kappa shape index (κ3) is 10.3. The third-order valence-corrected chi connectivity index (χ3v) is 7.94. The summed E-state index contributed by atoms with van der Waals surface area (Å²) >= 11 is 0. The van der Waals surface area contributed by atoms with Gasteiger partial charge in [-0.15, -0.1) is 0 Å². The lowest BCUT2D eigenvalue weighted by Crippen LogP contribution is -2.57. The first-order valence-corrected chi connectivity index (χ1v) is 15.9. The maximum Gasteiger partial charge on any atom is 0.273 e. The smallest absolute Gasteiger partial charge is 0.273 e. The number of benzene rings is 2. The van der Waals surface area contributed by atoms with Crippen molar-refractivity contribution in [1.29, 1.82) is 0 Å². The van der Waals surface area contributed by atoms with Gasteiger partial charge in [0.25, 0.3) is 23.6 Å². The van der Waals surface area contributed by atoms with Gasteiger partial charge in [-0.1, -0.05) is 96.4 Å². The molecule has 0 aromatic heterocycles. The first-order valence-electron chi connectivity index (χ1n) is 15.9. The summed E-state index contributed by atoms with van der Waals surface area (Å²) in [6.07, 6.45) is 10.5. The van der Waals surface area contributed by atoms with Crippen LogP contribution in [-0.4, -0.2) is 33.8 Å². The van der Waals surface area contributed by atoms with Crippen LogP contribution in [0.3, 0.4) is 0 Å². The molecule has 0 aliphatic heterocycles. The molecule has 6 N–H and O–H groups in total. The molecule has 0 aliphatic carbocycles. The Bertz CT molecular complexity index is 1180. The molecule has 2 rings (SSSR count). The highest BCUT2D eigenvalue weighted by Gasteiger charge is 2.41. The van der Waals surface area contributed by atoms with E-state index in [1.54, 1.807) is 24.3 Å². The molecule has 10 heteroatoms. The standard InChI is InChI=1S/C34H50N4O6/c1-5-8-11-12-13-14-23-34(4,32(43)37-35-30(41)26-21-15-19-24(28(26)39)17-9-6-2)33(44)38-36-31(42)27-22-16-20-25(29(27)40)18-10-7-3/h15-16,19-22,39-40H,5-14,17-18,23H2,1-4H3,(H,35,41)(H,36,42)(H,37,43)(H,38,44). The molecule has 242 valence electrons. The van der Waals surface area contributed by atoms with E-state index in [9.17, 15) is 29.4 Å². The molecular weight excluding hydrogens is 560 g/mol. The number of hydrogen-bond acceptors (Lipinski definition) is 6. The molecule has 0 unspecified atom stereocenters. The van der Waals surface area contributed by atoms with Gasteiger partial charge in [-0.05, 0) is 62.3 Å². The quantitative estimate of drug-likeness (QED) is 0.0759. The summed E-state index contributed by atoms with van der Waals surface area (Å²) in [5.74, 6) is -3.27. The van der Waals surface area contributed by atoms with Crippen LogP contribution in [0.2, 0.25) is 0 Å². The zero-order valence-electron chi connectivity index (χ0n) is 26.7. The van der Waals surface area contributed by atoms with Crippen LogP contribution in [-0.2, 0) is 22.4 Å². The summed E-state index contributed by atoms with van der Waals surface area (Å²) in [5.41, 5.74) is 8.98. The van der Waals surface area contributed by atoms with Crippen LogP contribution in [0, 0.1) is 5.41 Å². The fraction of sp³-hybridized carbons (Fsp3) is 0.529. The molecule has 0 bridgehead atoms. The van der Waals surface area contributed by atoms with E-state index < -0.39 is 29.0 Å². The number of nitrogens with one attached hydrogen (secondary N) is 4. The molecular formula is C34H50N4O6. The van der Waals surface area contributed by atoms with Crippen molar-refractivity contribution in [2.45, 2.75) is 111 Å². The lowest BCUT2D eigenvalue weighted by molar-refractivity contribution is -0.144. The van der Waals surface area contributed by atoms with Crippen molar-refractivity contribution in [3.05, 3.63) is 58.7 Å². The van der Waals surface area contributed by atoms with E-state index in [4.69, 9.17) is 0 Å². The van der Waals surface area contributed by atoms with Gasteiger partial charge in [0, 0.05) is 0 Å². The van der Waals surface area contributed by atoms with Crippen molar-refractivity contribution < 1.29 is 29.4 Å². The van der Waals surface area contributed by atoms with Gasteiger partial charge in [0.15, 0.2) is 0 Å². The number of aryl methyl sites for hydroxylation is 2. The van der Waals surface area contributed by atoms with Gasteiger partial charge in [-0.2, -0.15) is 0 Å². The van der Waals surface area contributed by atoms with Gasteiger partial charge in [-0.3, -0.25) is 40.9 Å². The second kappa shape index (κ2) is 18.6. The van der Waals surface area contributed by atoms with E-state index in [0.29, 0.717) is 30.4 Å². The van der Waals surface area contributed by atoms with Gasteiger partial charge >= 0.3 is 0 Å². The second-order valence-corrected chi connectivity index (χ2v) is 11.5. The number of para-hydroxylation sites is 2. The van der Waals surface area contributed by atoms with Crippen LogP contribution >= 0.6 is 0 Å². The summed E-state index contributed by atoms with van der Waals surface area (Å²) in [6, 6.07) is 9.73. The summed E-state index contributed by atoms with van der Waals surface area (Å²) < 4.78 is 0. The van der Waals surface area contributed by atoms with Gasteiger partial charge < -0.3 is 10.2 Å². The van der Waals surface area contributed by atoms with E-state index in [1.807, 2.05) is 13.8 Å². The fourth-order valence-corrected chi connectivity index (χ4v) is 4.91. The molecule has 0 atom stereocenters. The van der Waals surface area contributed by atoms with Crippen molar-refractivity contribution in [3.63, 3.8) is 0 Å². The largest absolute Gasteiger partial charge is 0.507 e. The zero-order chi connectivity index (χ0) is 32.5. The van der Waals surface area contributed by atoms with E-state index in [1.165, 1.54) is 19.1 Å². The van der Waals surface area contributed by atoms with E-state index in [2.05, 4.69) is 28.6 Å². The van der Waals surface area contributed by atoms with Crippen LogP contribution in [0.25, 0.3) is 0 Å². The molecule has 0 saturated carbocycles. The fourth-order valence-electron chi connectivity index (χ4n) is 4.91. The second-order valence-electron chi connectivity index (χ2n) is 11.5. The van der Waals surface area contributed by atoms with E-state index in [-0.39, 0.29) is 29.0 Å². The first kappa shape index (κ1) is 36.1. The molecule has 44 heavy (non-hydrogen) atoms. The summed E-state index contributed by atoms with van der Waals surface area (Å²) in [6.45, 7) is 7.64. The number of unbranched alkanes of at least 4 members (excludes halogenated alkanes) is 7. The first-order chi connectivity index (χ1) is 21.1. The minimum atomic E-state index is -1.65. The number of amides is 4. The van der Waals surface area contributed by atoms with Crippen LogP contribution < -0.4 is 21.7 Å². The highest BCUT2D eigenvalue weighted by Crippen LogP contribution is 2.28. The van der Waals surface area contributed by atoms with Gasteiger partial charge in [0.05, 0.1) is 11.1 Å². The third-order valence-electron chi connectivity index (χ3n) is 7.94. The Labute approximate surface area is 261 Å². The minimum absolute atomic E-state index is 0.00854. The van der Waals surface area contributed by atoms with Gasteiger partial charge in [-0.25, -0.2) is 0 Å². The van der Waals surface area contributed by atoms with Crippen LogP contribution in [0.5, 0.6) is 11.5 Å². The Kier molecular flexibility index (Phi) is 15.2. The number of carbonyl (C=O) groups is 4. The number of phenols is 2. The molecule has 2 aromatic carbocycles. The van der Waals surface area contributed by atoms with Crippen molar-refractivity contribution in [2.75, 3.05) is 0 Å². The number of hydrogen-bond donors (Lipinski definition) is 6. The Morgan fingerprint density at radius 3 is 1.43 bits per heavy atom. The number of carbonyl (C=O) groups excluding carboxylic acids is 4. The maximum absolute atomic E-state index is 13.4. The number of hydrazine groups is 2.